The molecule has 3 rings (SSSR count). The van der Waals surface area contributed by atoms with E-state index in [-0.39, 0.29) is 36.5 Å². The number of carbonyl (C=O) groups excluding carboxylic acids is 2. The maximum absolute atomic E-state index is 12.7. The topological polar surface area (TPSA) is 181 Å². The van der Waals surface area contributed by atoms with E-state index >= 15 is 0 Å². The van der Waals surface area contributed by atoms with Crippen LogP contribution in [0.1, 0.15) is 32.3 Å². The van der Waals surface area contributed by atoms with Crippen molar-refractivity contribution in [1.29, 1.82) is 0 Å². The van der Waals surface area contributed by atoms with Gasteiger partial charge >= 0.3 is 11.9 Å². The van der Waals surface area contributed by atoms with Gasteiger partial charge in [0.25, 0.3) is 0 Å². The Morgan fingerprint density at radius 3 is 2.45 bits per heavy atom. The molecule has 2 heterocycles. The number of hydrogen-bond donors (Lipinski definition) is 5. The molecule has 7 unspecified atom stereocenters. The van der Waals surface area contributed by atoms with E-state index in [1.807, 2.05) is 0 Å². The Hall–Kier alpha value is -3.16. The number of carbonyl (C=O) groups is 2. The Labute approximate surface area is 219 Å². The number of phenols is 2. The zero-order valence-corrected chi connectivity index (χ0v) is 21.4. The van der Waals surface area contributed by atoms with E-state index < -0.39 is 54.9 Å². The molecule has 0 spiro atoms. The van der Waals surface area contributed by atoms with Gasteiger partial charge in [-0.25, -0.2) is 4.79 Å². The van der Waals surface area contributed by atoms with Crippen molar-refractivity contribution in [1.82, 2.24) is 0 Å². The highest BCUT2D eigenvalue weighted by atomic mass is 16.8. The third-order valence-corrected chi connectivity index (χ3v) is 6.52. The Bertz CT molecular complexity index is 1050. The first-order valence-corrected chi connectivity index (χ1v) is 12.2. The molecular formula is C26H34O12. The van der Waals surface area contributed by atoms with Crippen LogP contribution in [0.3, 0.4) is 0 Å². The maximum atomic E-state index is 12.7. The number of aromatic hydroxyl groups is 2. The van der Waals surface area contributed by atoms with Gasteiger partial charge in [-0.2, -0.15) is 0 Å². The zero-order chi connectivity index (χ0) is 28.0. The van der Waals surface area contributed by atoms with Crippen LogP contribution in [0, 0.1) is 5.92 Å². The zero-order valence-electron chi connectivity index (χ0n) is 21.4. The molecule has 1 fully saturated rings. The lowest BCUT2D eigenvalue weighted by molar-refractivity contribution is -0.324. The molecule has 12 heteroatoms. The summed E-state index contributed by atoms with van der Waals surface area (Å²) in [5, 5.41) is 49.7. The summed E-state index contributed by atoms with van der Waals surface area (Å²) in [6.45, 7) is 3.37. The molecule has 12 nitrogen and oxygen atoms in total. The molecule has 5 N–H and O–H groups in total. The molecule has 38 heavy (non-hydrogen) atoms. The third-order valence-electron chi connectivity index (χ3n) is 6.52. The van der Waals surface area contributed by atoms with Crippen LogP contribution in [0.25, 0.3) is 0 Å². The van der Waals surface area contributed by atoms with Crippen molar-refractivity contribution >= 4 is 11.9 Å². The summed E-state index contributed by atoms with van der Waals surface area (Å²) in [4.78, 5) is 25.2. The second kappa shape index (κ2) is 13.1. The minimum atomic E-state index is -1.58. The summed E-state index contributed by atoms with van der Waals surface area (Å²) in [6, 6.07) is 4.27. The first-order valence-electron chi connectivity index (χ1n) is 12.2. The molecule has 7 atom stereocenters. The number of methoxy groups -OCH3 is 1. The van der Waals surface area contributed by atoms with Crippen molar-refractivity contribution < 1.29 is 58.8 Å². The third kappa shape index (κ3) is 6.63. The van der Waals surface area contributed by atoms with Crippen LogP contribution in [0.4, 0.5) is 0 Å². The lowest BCUT2D eigenvalue weighted by Crippen LogP contribution is -2.58. The number of benzene rings is 1. The van der Waals surface area contributed by atoms with Gasteiger partial charge in [0.15, 0.2) is 17.8 Å². The summed E-state index contributed by atoms with van der Waals surface area (Å²) >= 11 is 0. The fourth-order valence-electron chi connectivity index (χ4n) is 4.34. The second-order valence-corrected chi connectivity index (χ2v) is 8.93. The second-order valence-electron chi connectivity index (χ2n) is 8.93. The predicted molar refractivity (Wildman–Crippen MR) is 129 cm³/mol. The van der Waals surface area contributed by atoms with Gasteiger partial charge in [-0.15, -0.1) is 0 Å². The molecule has 1 aromatic rings. The first-order chi connectivity index (χ1) is 18.1. The highest BCUT2D eigenvalue weighted by Crippen LogP contribution is 2.36. The van der Waals surface area contributed by atoms with Crippen LogP contribution in [0.5, 0.6) is 11.5 Å². The van der Waals surface area contributed by atoms with Crippen molar-refractivity contribution in [2.75, 3.05) is 13.7 Å². The number of phenolic OH excluding ortho intramolecular Hbond substituents is 2. The average molecular weight is 539 g/mol. The van der Waals surface area contributed by atoms with Gasteiger partial charge in [0.1, 0.15) is 18.3 Å². The van der Waals surface area contributed by atoms with Crippen LogP contribution < -0.4 is 0 Å². The van der Waals surface area contributed by atoms with E-state index in [9.17, 15) is 35.1 Å². The molecular weight excluding hydrogens is 504 g/mol. The molecule has 0 radical (unpaired) electrons. The van der Waals surface area contributed by atoms with Crippen molar-refractivity contribution in [3.63, 3.8) is 0 Å². The number of esters is 2. The van der Waals surface area contributed by atoms with Crippen molar-refractivity contribution in [2.24, 2.45) is 5.92 Å². The SMILES string of the molecule is CC=C1C(OC2OC(CC)C(O)C(O)C2O)OC=C(C(=O)OC)C1CC(=O)OCCc1ccc(O)c(O)c1. The van der Waals surface area contributed by atoms with Crippen LogP contribution in [-0.2, 0) is 39.7 Å². The van der Waals surface area contributed by atoms with E-state index in [2.05, 4.69) is 0 Å². The Morgan fingerprint density at radius 2 is 1.82 bits per heavy atom. The van der Waals surface area contributed by atoms with E-state index in [1.165, 1.54) is 19.2 Å². The lowest BCUT2D eigenvalue weighted by Gasteiger charge is -2.42. The van der Waals surface area contributed by atoms with E-state index in [0.717, 1.165) is 6.26 Å². The van der Waals surface area contributed by atoms with E-state index in [4.69, 9.17) is 23.7 Å². The van der Waals surface area contributed by atoms with Gasteiger partial charge in [-0.1, -0.05) is 19.1 Å². The number of ether oxygens (including phenoxy) is 5. The highest BCUT2D eigenvalue weighted by Gasteiger charge is 2.46. The summed E-state index contributed by atoms with van der Waals surface area (Å²) in [7, 11) is 1.19. The summed E-state index contributed by atoms with van der Waals surface area (Å²) < 4.78 is 27.2. The normalized spacial score (nSPS) is 30.3. The monoisotopic (exact) mass is 538 g/mol. The number of hydrogen-bond acceptors (Lipinski definition) is 12. The van der Waals surface area contributed by atoms with Gasteiger partial charge in [0, 0.05) is 17.9 Å². The van der Waals surface area contributed by atoms with Crippen molar-refractivity contribution in [2.45, 2.75) is 70.1 Å². The maximum Gasteiger partial charge on any atom is 0.337 e. The van der Waals surface area contributed by atoms with Gasteiger partial charge < -0.3 is 49.2 Å². The fraction of sp³-hybridized carbons (Fsp3) is 0.538. The number of aliphatic hydroxyl groups excluding tert-OH is 3. The Balaban J connectivity index is 1.71. The molecule has 2 aliphatic rings. The minimum absolute atomic E-state index is 0.0185. The molecule has 0 aromatic heterocycles. The number of aliphatic hydroxyl groups is 3. The molecule has 0 saturated carbocycles. The molecule has 2 aliphatic heterocycles. The quantitative estimate of drug-likeness (QED) is 0.170. The van der Waals surface area contributed by atoms with Gasteiger partial charge in [0.2, 0.25) is 6.29 Å². The molecule has 0 aliphatic carbocycles. The predicted octanol–water partition coefficient (Wildman–Crippen LogP) is 0.783. The lowest BCUT2D eigenvalue weighted by atomic mass is 9.86. The number of allylic oxidation sites excluding steroid dienone is 1. The molecule has 1 aromatic carbocycles. The largest absolute Gasteiger partial charge is 0.504 e. The van der Waals surface area contributed by atoms with Crippen LogP contribution in [0.2, 0.25) is 0 Å². The summed E-state index contributed by atoms with van der Waals surface area (Å²) in [6.07, 6.45) is -4.68. The highest BCUT2D eigenvalue weighted by molar-refractivity contribution is 5.90. The van der Waals surface area contributed by atoms with E-state index in [1.54, 1.807) is 26.0 Å². The van der Waals surface area contributed by atoms with Gasteiger partial charge in [0.05, 0.1) is 38.1 Å². The van der Waals surface area contributed by atoms with Crippen LogP contribution in [-0.4, -0.2) is 88.2 Å². The average Bonchev–Trinajstić information content (AvgIpc) is 2.90. The van der Waals surface area contributed by atoms with E-state index in [0.29, 0.717) is 17.6 Å². The molecule has 0 bridgehead atoms. The number of rotatable bonds is 9. The molecule has 210 valence electrons. The van der Waals surface area contributed by atoms with Crippen molar-refractivity contribution in [3.05, 3.63) is 47.2 Å². The summed E-state index contributed by atoms with van der Waals surface area (Å²) in [5.41, 5.74) is 1.05. The van der Waals surface area contributed by atoms with Gasteiger partial charge in [-0.05, 0) is 31.0 Å². The minimum Gasteiger partial charge on any atom is -0.504 e. The summed E-state index contributed by atoms with van der Waals surface area (Å²) in [5.74, 6) is -2.75. The van der Waals surface area contributed by atoms with Crippen LogP contribution >= 0.6 is 0 Å². The fourth-order valence-corrected chi connectivity index (χ4v) is 4.34. The molecule has 1 saturated heterocycles. The standard InChI is InChI=1S/C26H34O12/c1-4-14-15(11-20(29)35-9-8-13-6-7-17(27)18(28)10-13)16(24(33)34-3)12-36-25(14)38-26-23(32)22(31)21(30)19(5-2)37-26/h4,6-7,10,12,15,19,21-23,25-28,30-32H,5,8-9,11H2,1-3H3. The smallest absolute Gasteiger partial charge is 0.337 e. The van der Waals surface area contributed by atoms with Crippen LogP contribution in [0.15, 0.2) is 41.7 Å². The Morgan fingerprint density at radius 1 is 1.08 bits per heavy atom. The van der Waals surface area contributed by atoms with Gasteiger partial charge in [-0.3, -0.25) is 4.79 Å². The Kier molecular flexibility index (Phi) is 10.1. The van der Waals surface area contributed by atoms with Crippen molar-refractivity contribution in [3.8, 4) is 11.5 Å². The molecule has 0 amide bonds. The first kappa shape index (κ1) is 29.4.